The van der Waals surface area contributed by atoms with Crippen LogP contribution in [-0.4, -0.2) is 16.3 Å². The molecule has 72 valence electrons. The predicted octanol–water partition coefficient (Wildman–Crippen LogP) is 1.41. The molecule has 1 atom stereocenters. The fourth-order valence-electron chi connectivity index (χ4n) is 2.35. The normalized spacial score (nSPS) is 28.2. The molecular weight excluding hydrogens is 162 g/mol. The Morgan fingerprint density at radius 3 is 3.00 bits per heavy atom. The van der Waals surface area contributed by atoms with Crippen LogP contribution in [0.25, 0.3) is 0 Å². The van der Waals surface area contributed by atoms with Crippen molar-refractivity contribution in [2.75, 3.05) is 6.54 Å². The van der Waals surface area contributed by atoms with Crippen LogP contribution in [0.5, 0.6) is 0 Å². The van der Waals surface area contributed by atoms with Gasteiger partial charge in [-0.05, 0) is 31.9 Å². The van der Waals surface area contributed by atoms with E-state index in [-0.39, 0.29) is 5.54 Å². The Morgan fingerprint density at radius 2 is 2.54 bits per heavy atom. The number of hydrogen-bond acceptors (Lipinski definition) is 2. The molecule has 1 aliphatic rings. The summed E-state index contributed by atoms with van der Waals surface area (Å²) >= 11 is 0. The SMILES string of the molecule is CCC1(c2ccnn2C)CCCN1. The highest BCUT2D eigenvalue weighted by Gasteiger charge is 2.35. The Kier molecular flexibility index (Phi) is 2.12. The highest BCUT2D eigenvalue weighted by atomic mass is 15.3. The summed E-state index contributed by atoms with van der Waals surface area (Å²) in [5, 5.41) is 7.83. The maximum absolute atomic E-state index is 4.23. The van der Waals surface area contributed by atoms with Gasteiger partial charge < -0.3 is 5.32 Å². The van der Waals surface area contributed by atoms with E-state index in [1.54, 1.807) is 0 Å². The van der Waals surface area contributed by atoms with Crippen LogP contribution in [0, 0.1) is 0 Å². The van der Waals surface area contributed by atoms with E-state index in [2.05, 4.69) is 23.4 Å². The van der Waals surface area contributed by atoms with E-state index >= 15 is 0 Å². The molecule has 13 heavy (non-hydrogen) atoms. The Morgan fingerprint density at radius 1 is 1.69 bits per heavy atom. The van der Waals surface area contributed by atoms with E-state index in [4.69, 9.17) is 0 Å². The monoisotopic (exact) mass is 179 g/mol. The molecule has 3 heteroatoms. The summed E-state index contributed by atoms with van der Waals surface area (Å²) in [6.07, 6.45) is 5.54. The molecule has 0 radical (unpaired) electrons. The number of aryl methyl sites for hydroxylation is 1. The molecule has 2 rings (SSSR count). The Bertz CT molecular complexity index is 284. The van der Waals surface area contributed by atoms with Crippen LogP contribution in [-0.2, 0) is 12.6 Å². The molecule has 0 bridgehead atoms. The largest absolute Gasteiger partial charge is 0.306 e. The standard InChI is InChI=1S/C10H17N3/c1-3-10(6-4-7-11-10)9-5-8-12-13(9)2/h5,8,11H,3-4,6-7H2,1-2H3. The second kappa shape index (κ2) is 3.14. The zero-order valence-corrected chi connectivity index (χ0v) is 8.38. The van der Waals surface area contributed by atoms with Gasteiger partial charge >= 0.3 is 0 Å². The summed E-state index contributed by atoms with van der Waals surface area (Å²) in [5.41, 5.74) is 1.53. The lowest BCUT2D eigenvalue weighted by Gasteiger charge is -2.28. The quantitative estimate of drug-likeness (QED) is 0.744. The minimum absolute atomic E-state index is 0.200. The molecule has 1 aromatic rings. The zero-order valence-electron chi connectivity index (χ0n) is 8.38. The van der Waals surface area contributed by atoms with E-state index in [1.165, 1.54) is 18.5 Å². The average Bonchev–Trinajstić information content (AvgIpc) is 2.73. The van der Waals surface area contributed by atoms with E-state index in [9.17, 15) is 0 Å². The van der Waals surface area contributed by atoms with Crippen molar-refractivity contribution in [2.24, 2.45) is 7.05 Å². The maximum atomic E-state index is 4.23. The summed E-state index contributed by atoms with van der Waals surface area (Å²) in [4.78, 5) is 0. The summed E-state index contributed by atoms with van der Waals surface area (Å²) < 4.78 is 1.99. The number of nitrogens with one attached hydrogen (secondary N) is 1. The van der Waals surface area contributed by atoms with Gasteiger partial charge in [-0.2, -0.15) is 5.10 Å². The first-order chi connectivity index (χ1) is 6.28. The van der Waals surface area contributed by atoms with Crippen LogP contribution in [0.1, 0.15) is 31.9 Å². The van der Waals surface area contributed by atoms with Gasteiger partial charge in [-0.15, -0.1) is 0 Å². The van der Waals surface area contributed by atoms with Crippen LogP contribution in [0.2, 0.25) is 0 Å². The summed E-state index contributed by atoms with van der Waals surface area (Å²) in [7, 11) is 2.02. The van der Waals surface area contributed by atoms with Crippen LogP contribution < -0.4 is 5.32 Å². The summed E-state index contributed by atoms with van der Waals surface area (Å²) in [6, 6.07) is 2.13. The Labute approximate surface area is 79.1 Å². The number of aromatic nitrogens is 2. The molecule has 1 fully saturated rings. The van der Waals surface area contributed by atoms with Gasteiger partial charge in [-0.25, -0.2) is 0 Å². The molecule has 0 spiro atoms. The first-order valence-electron chi connectivity index (χ1n) is 5.02. The van der Waals surface area contributed by atoms with Gasteiger partial charge in [0.1, 0.15) is 0 Å². The molecule has 3 nitrogen and oxygen atoms in total. The minimum Gasteiger partial charge on any atom is -0.306 e. The fraction of sp³-hybridized carbons (Fsp3) is 0.700. The highest BCUT2D eigenvalue weighted by Crippen LogP contribution is 2.33. The van der Waals surface area contributed by atoms with Crippen molar-refractivity contribution in [1.82, 2.24) is 15.1 Å². The van der Waals surface area contributed by atoms with Crippen LogP contribution in [0.15, 0.2) is 12.3 Å². The molecule has 0 saturated carbocycles. The molecule has 1 unspecified atom stereocenters. The third-order valence-electron chi connectivity index (χ3n) is 3.16. The Balaban J connectivity index is 2.36. The van der Waals surface area contributed by atoms with Crippen molar-refractivity contribution in [2.45, 2.75) is 31.7 Å². The second-order valence-electron chi connectivity index (χ2n) is 3.81. The van der Waals surface area contributed by atoms with E-state index in [0.29, 0.717) is 0 Å². The fourth-order valence-corrected chi connectivity index (χ4v) is 2.35. The van der Waals surface area contributed by atoms with Gasteiger partial charge in [0.05, 0.1) is 11.2 Å². The van der Waals surface area contributed by atoms with Crippen molar-refractivity contribution in [3.63, 3.8) is 0 Å². The van der Waals surface area contributed by atoms with Crippen LogP contribution >= 0.6 is 0 Å². The topological polar surface area (TPSA) is 29.9 Å². The lowest BCUT2D eigenvalue weighted by atomic mass is 9.90. The Hall–Kier alpha value is -0.830. The van der Waals surface area contributed by atoms with Crippen molar-refractivity contribution in [1.29, 1.82) is 0 Å². The smallest absolute Gasteiger partial charge is 0.0603 e. The van der Waals surface area contributed by atoms with Crippen molar-refractivity contribution in [3.05, 3.63) is 18.0 Å². The van der Waals surface area contributed by atoms with Gasteiger partial charge in [0.2, 0.25) is 0 Å². The summed E-state index contributed by atoms with van der Waals surface area (Å²) in [6.45, 7) is 3.38. The molecule has 1 aliphatic heterocycles. The van der Waals surface area contributed by atoms with Crippen molar-refractivity contribution >= 4 is 0 Å². The molecule has 1 aromatic heterocycles. The first kappa shape index (κ1) is 8.75. The average molecular weight is 179 g/mol. The lowest BCUT2D eigenvalue weighted by molar-refractivity contribution is 0.349. The van der Waals surface area contributed by atoms with Gasteiger partial charge in [0.25, 0.3) is 0 Å². The third-order valence-corrected chi connectivity index (χ3v) is 3.16. The van der Waals surface area contributed by atoms with Gasteiger partial charge in [-0.1, -0.05) is 6.92 Å². The third kappa shape index (κ3) is 1.27. The molecule has 2 heterocycles. The highest BCUT2D eigenvalue weighted by molar-refractivity contribution is 5.16. The van der Waals surface area contributed by atoms with E-state index in [0.717, 1.165) is 13.0 Å². The maximum Gasteiger partial charge on any atom is 0.0603 e. The summed E-state index contributed by atoms with van der Waals surface area (Å²) in [5.74, 6) is 0. The molecule has 0 aliphatic carbocycles. The van der Waals surface area contributed by atoms with Gasteiger partial charge in [0.15, 0.2) is 0 Å². The van der Waals surface area contributed by atoms with Crippen molar-refractivity contribution < 1.29 is 0 Å². The lowest BCUT2D eigenvalue weighted by Crippen LogP contribution is -2.37. The van der Waals surface area contributed by atoms with Crippen LogP contribution in [0.4, 0.5) is 0 Å². The van der Waals surface area contributed by atoms with E-state index < -0.39 is 0 Å². The van der Waals surface area contributed by atoms with Crippen LogP contribution in [0.3, 0.4) is 0 Å². The van der Waals surface area contributed by atoms with Crippen molar-refractivity contribution in [3.8, 4) is 0 Å². The van der Waals surface area contributed by atoms with E-state index in [1.807, 2.05) is 17.9 Å². The predicted molar refractivity (Wildman–Crippen MR) is 52.4 cm³/mol. The number of nitrogens with zero attached hydrogens (tertiary/aromatic N) is 2. The first-order valence-corrected chi connectivity index (χ1v) is 5.02. The molecular formula is C10H17N3. The molecule has 0 aromatic carbocycles. The minimum atomic E-state index is 0.200. The number of rotatable bonds is 2. The second-order valence-corrected chi connectivity index (χ2v) is 3.81. The molecule has 1 saturated heterocycles. The number of hydrogen-bond donors (Lipinski definition) is 1. The molecule has 1 N–H and O–H groups in total. The van der Waals surface area contributed by atoms with Gasteiger partial charge in [0, 0.05) is 13.2 Å². The van der Waals surface area contributed by atoms with Gasteiger partial charge in [-0.3, -0.25) is 4.68 Å². The molecule has 0 amide bonds. The zero-order chi connectivity index (χ0) is 9.31.